The van der Waals surface area contributed by atoms with Crippen LogP contribution in [0.5, 0.6) is 11.5 Å². The van der Waals surface area contributed by atoms with Crippen molar-refractivity contribution in [2.24, 2.45) is 0 Å². The summed E-state index contributed by atoms with van der Waals surface area (Å²) in [5.41, 5.74) is 7.66. The molecule has 0 fully saturated rings. The molecule has 5 heteroatoms. The van der Waals surface area contributed by atoms with Crippen molar-refractivity contribution in [2.45, 2.75) is 6.92 Å². The SMILES string of the molecule is COc1ccc(N(c2ccccc2)c2ccc(N(c3ccccc3)c3ccc(OC(=O)c4ccc(C)cc4)cc3)cc2)cc1. The van der Waals surface area contributed by atoms with Crippen LogP contribution in [0.4, 0.5) is 34.1 Å². The second-order valence-electron chi connectivity index (χ2n) is 10.3. The Bertz CT molecular complexity index is 1800. The lowest BCUT2D eigenvalue weighted by molar-refractivity contribution is 0.0734. The highest BCUT2D eigenvalue weighted by Gasteiger charge is 2.16. The van der Waals surface area contributed by atoms with Crippen LogP contribution in [0, 0.1) is 6.92 Å². The first-order valence-electron chi connectivity index (χ1n) is 14.4. The van der Waals surface area contributed by atoms with E-state index in [4.69, 9.17) is 9.47 Å². The number of hydrogen-bond donors (Lipinski definition) is 0. The van der Waals surface area contributed by atoms with Gasteiger partial charge in [0, 0.05) is 34.1 Å². The number of para-hydroxylation sites is 2. The minimum Gasteiger partial charge on any atom is -0.497 e. The molecule has 0 heterocycles. The average Bonchev–Trinajstić information content (AvgIpc) is 3.08. The van der Waals surface area contributed by atoms with Crippen LogP contribution < -0.4 is 19.3 Å². The van der Waals surface area contributed by atoms with E-state index in [2.05, 4.69) is 70.5 Å². The highest BCUT2D eigenvalue weighted by Crippen LogP contribution is 2.39. The van der Waals surface area contributed by atoms with Crippen molar-refractivity contribution in [2.75, 3.05) is 16.9 Å². The van der Waals surface area contributed by atoms with Crippen LogP contribution in [0.25, 0.3) is 0 Å². The van der Waals surface area contributed by atoms with Crippen molar-refractivity contribution in [3.8, 4) is 11.5 Å². The van der Waals surface area contributed by atoms with E-state index in [-0.39, 0.29) is 5.97 Å². The number of aryl methyl sites for hydroxylation is 1. The van der Waals surface area contributed by atoms with Gasteiger partial charge in [-0.2, -0.15) is 0 Å². The number of carbonyl (C=O) groups is 1. The molecule has 0 unspecified atom stereocenters. The Hall–Kier alpha value is -5.81. The molecule has 6 rings (SSSR count). The zero-order valence-corrected chi connectivity index (χ0v) is 24.6. The maximum atomic E-state index is 12.7. The Labute approximate surface area is 258 Å². The van der Waals surface area contributed by atoms with Gasteiger partial charge in [-0.05, 0) is 116 Å². The maximum Gasteiger partial charge on any atom is 0.343 e. The number of ether oxygens (including phenoxy) is 2. The molecule has 6 aromatic carbocycles. The van der Waals surface area contributed by atoms with Gasteiger partial charge >= 0.3 is 5.97 Å². The third-order valence-electron chi connectivity index (χ3n) is 7.32. The molecule has 0 aliphatic heterocycles. The Kier molecular flexibility index (Phi) is 8.37. The van der Waals surface area contributed by atoms with E-state index in [1.54, 1.807) is 19.2 Å². The first kappa shape index (κ1) is 28.3. The van der Waals surface area contributed by atoms with Crippen molar-refractivity contribution in [3.05, 3.63) is 169 Å². The third kappa shape index (κ3) is 6.32. The summed E-state index contributed by atoms with van der Waals surface area (Å²) in [6, 6.07) is 52.0. The van der Waals surface area contributed by atoms with Gasteiger partial charge in [0.1, 0.15) is 11.5 Å². The minimum absolute atomic E-state index is 0.381. The number of hydrogen-bond acceptors (Lipinski definition) is 5. The number of carbonyl (C=O) groups excluding carboxylic acids is 1. The van der Waals surface area contributed by atoms with Crippen molar-refractivity contribution >= 4 is 40.1 Å². The van der Waals surface area contributed by atoms with Gasteiger partial charge < -0.3 is 19.3 Å². The predicted molar refractivity (Wildman–Crippen MR) is 178 cm³/mol. The second-order valence-corrected chi connectivity index (χ2v) is 10.3. The van der Waals surface area contributed by atoms with Crippen molar-refractivity contribution in [3.63, 3.8) is 0 Å². The van der Waals surface area contributed by atoms with Crippen LogP contribution in [-0.4, -0.2) is 13.1 Å². The zero-order valence-electron chi connectivity index (χ0n) is 24.6. The molecule has 0 aliphatic rings. The van der Waals surface area contributed by atoms with Gasteiger partial charge in [-0.25, -0.2) is 4.79 Å². The van der Waals surface area contributed by atoms with Crippen LogP contribution in [0.3, 0.4) is 0 Å². The summed E-state index contributed by atoms with van der Waals surface area (Å²) < 4.78 is 11.0. The molecule has 0 saturated carbocycles. The van der Waals surface area contributed by atoms with E-state index in [0.717, 1.165) is 45.4 Å². The van der Waals surface area contributed by atoms with E-state index in [0.29, 0.717) is 11.3 Å². The molecule has 0 atom stereocenters. The number of benzene rings is 6. The summed E-state index contributed by atoms with van der Waals surface area (Å²) in [5, 5.41) is 0. The Balaban J connectivity index is 1.31. The maximum absolute atomic E-state index is 12.7. The first-order valence-corrected chi connectivity index (χ1v) is 14.4. The molecule has 0 N–H and O–H groups in total. The van der Waals surface area contributed by atoms with Gasteiger partial charge in [-0.3, -0.25) is 0 Å². The molecule has 5 nitrogen and oxygen atoms in total. The van der Waals surface area contributed by atoms with Crippen LogP contribution in [0.15, 0.2) is 158 Å². The average molecular weight is 577 g/mol. The van der Waals surface area contributed by atoms with Gasteiger partial charge in [0.25, 0.3) is 0 Å². The Morgan fingerprint density at radius 3 is 1.23 bits per heavy atom. The van der Waals surface area contributed by atoms with E-state index < -0.39 is 0 Å². The molecule has 216 valence electrons. The quantitative estimate of drug-likeness (QED) is 0.127. The lowest BCUT2D eigenvalue weighted by Crippen LogP contribution is -2.12. The molecule has 0 amide bonds. The van der Waals surface area contributed by atoms with E-state index in [1.165, 1.54) is 0 Å². The number of nitrogens with zero attached hydrogens (tertiary/aromatic N) is 2. The van der Waals surface area contributed by atoms with Crippen LogP contribution >= 0.6 is 0 Å². The summed E-state index contributed by atoms with van der Waals surface area (Å²) in [7, 11) is 1.67. The largest absolute Gasteiger partial charge is 0.497 e. The third-order valence-corrected chi connectivity index (χ3v) is 7.32. The van der Waals surface area contributed by atoms with E-state index in [1.807, 2.05) is 91.9 Å². The van der Waals surface area contributed by atoms with Gasteiger partial charge in [-0.15, -0.1) is 0 Å². The van der Waals surface area contributed by atoms with E-state index in [9.17, 15) is 4.79 Å². The fraction of sp³-hybridized carbons (Fsp3) is 0.0513. The fourth-order valence-corrected chi connectivity index (χ4v) is 5.05. The normalized spacial score (nSPS) is 10.6. The van der Waals surface area contributed by atoms with E-state index >= 15 is 0 Å². The summed E-state index contributed by atoms with van der Waals surface area (Å²) in [6.07, 6.45) is 0. The summed E-state index contributed by atoms with van der Waals surface area (Å²) >= 11 is 0. The molecule has 0 aliphatic carbocycles. The van der Waals surface area contributed by atoms with Crippen molar-refractivity contribution in [1.82, 2.24) is 0 Å². The predicted octanol–water partition coefficient (Wildman–Crippen LogP) is 10.2. The number of anilines is 6. The molecular formula is C39H32N2O3. The molecular weight excluding hydrogens is 544 g/mol. The molecule has 0 aromatic heterocycles. The summed E-state index contributed by atoms with van der Waals surface area (Å²) in [6.45, 7) is 1.99. The van der Waals surface area contributed by atoms with Crippen LogP contribution in [-0.2, 0) is 0 Å². The first-order chi connectivity index (χ1) is 21.6. The molecule has 0 saturated heterocycles. The fourth-order valence-electron chi connectivity index (χ4n) is 5.05. The minimum atomic E-state index is -0.381. The van der Waals surface area contributed by atoms with Gasteiger partial charge in [0.15, 0.2) is 0 Å². The highest BCUT2D eigenvalue weighted by atomic mass is 16.5. The van der Waals surface area contributed by atoms with Crippen molar-refractivity contribution in [1.29, 1.82) is 0 Å². The van der Waals surface area contributed by atoms with Gasteiger partial charge in [-0.1, -0.05) is 54.1 Å². The highest BCUT2D eigenvalue weighted by molar-refractivity contribution is 5.91. The van der Waals surface area contributed by atoms with Crippen LogP contribution in [0.1, 0.15) is 15.9 Å². The number of methoxy groups -OCH3 is 1. The van der Waals surface area contributed by atoms with Crippen LogP contribution in [0.2, 0.25) is 0 Å². The second kappa shape index (κ2) is 13.0. The number of esters is 1. The lowest BCUT2D eigenvalue weighted by Gasteiger charge is -2.28. The lowest BCUT2D eigenvalue weighted by atomic mass is 10.1. The molecule has 44 heavy (non-hydrogen) atoms. The Morgan fingerprint density at radius 2 is 0.818 bits per heavy atom. The molecule has 0 spiro atoms. The molecule has 6 aromatic rings. The smallest absolute Gasteiger partial charge is 0.343 e. The Morgan fingerprint density at radius 1 is 0.455 bits per heavy atom. The summed E-state index contributed by atoms with van der Waals surface area (Å²) in [4.78, 5) is 17.1. The number of rotatable bonds is 9. The standard InChI is InChI=1S/C39H32N2O3/c1-29-13-15-30(16-14-29)39(42)44-38-27-23-36(24-28-38)41(32-11-7-4-8-12-32)34-19-17-33(18-20-34)40(31-9-5-3-6-10-31)35-21-25-37(43-2)26-22-35/h3-28H,1-2H3. The van der Waals surface area contributed by atoms with Gasteiger partial charge in [0.2, 0.25) is 0 Å². The summed E-state index contributed by atoms with van der Waals surface area (Å²) in [5.74, 6) is 0.917. The molecule has 0 radical (unpaired) electrons. The topological polar surface area (TPSA) is 42.0 Å². The monoisotopic (exact) mass is 576 g/mol. The van der Waals surface area contributed by atoms with Gasteiger partial charge in [0.05, 0.1) is 12.7 Å². The zero-order chi connectivity index (χ0) is 30.3. The molecule has 0 bridgehead atoms. The van der Waals surface area contributed by atoms with Crippen molar-refractivity contribution < 1.29 is 14.3 Å².